The molecule has 6 bridgehead atoms. The maximum atomic E-state index is 12.4. The molecule has 2 saturated carbocycles. The number of unbranched alkanes of at least 4 members (excludes halogenated alkanes) is 4. The molecule has 9 aliphatic rings. The van der Waals surface area contributed by atoms with E-state index in [4.69, 9.17) is 18.1 Å². The number of hydroxylamine groups is 6. The molecule has 6 atom stereocenters. The summed E-state index contributed by atoms with van der Waals surface area (Å²) in [6.45, 7) is 18.2. The number of hydrogen-bond acceptors (Lipinski definition) is 18. The van der Waals surface area contributed by atoms with E-state index >= 15 is 0 Å². The number of urea groups is 3. The minimum Gasteiger partial charge on any atom is -0.724 e. The van der Waals surface area contributed by atoms with Gasteiger partial charge in [0.15, 0.2) is 0 Å². The van der Waals surface area contributed by atoms with Gasteiger partial charge < -0.3 is 42.6 Å². The van der Waals surface area contributed by atoms with E-state index in [1.54, 1.807) is 4.90 Å². The number of piperidine rings is 3. The lowest BCUT2D eigenvalue weighted by Gasteiger charge is -2.39. The molecule has 12 rings (SSSR count). The number of aromatic nitrogens is 3. The summed E-state index contributed by atoms with van der Waals surface area (Å²) in [6.07, 6.45) is 25.2. The lowest BCUT2D eigenvalue weighted by Crippen LogP contribution is -2.50. The molecule has 7 aliphatic heterocycles. The van der Waals surface area contributed by atoms with E-state index in [1.165, 1.54) is 130 Å². The Morgan fingerprint density at radius 3 is 1.26 bits per heavy atom. The maximum Gasteiger partial charge on any atom is 0.418 e. The van der Waals surface area contributed by atoms with Crippen LogP contribution in [-0.2, 0) is 48.6 Å². The third-order valence-corrected chi connectivity index (χ3v) is 19.5. The molecular formula is C57H91N11O15S2. The van der Waals surface area contributed by atoms with Crippen LogP contribution in [0.1, 0.15) is 209 Å². The standard InChI is InChI=1S/C16H36N.C14H19N3O6S.C14H19N3O3.C13H18N4O6S/c1-5-9-13-17(14-10-6-2,15-11-7-3)16-12-8-4;18-14-16-8-10(17(14)23-24(19,20)21)4-5-13(16)12-7-11(22-15-12)6-9-2-1-3-9;18-14-16-8-10(17(14)19)4-5-13(16)12-7-11(20-15-12)6-9-2-1-3-9;18-13-16-7-9(17(13)23-24(19,20)21)1-2-12(16)11-4-10(22-15-11)3-8-5-14-6-8/h5-16H2,1-4H3;7,9-10,13H,1-6,8H2,(H,19,20,21);7,9-10,13,19H,1-6,8H2;4,8-9,12,14H,1-3,5-7H2,(H,19,20,21)/q+1;;;/p-1/t;2*10-,13+;9-,12+/m.111/s1. The van der Waals surface area contributed by atoms with Crippen LogP contribution in [0.25, 0.3) is 0 Å². The number of hydrogen-bond donors (Lipinski definition) is 3. The second-order valence-electron chi connectivity index (χ2n) is 25.1. The lowest BCUT2D eigenvalue weighted by atomic mass is 9.82. The van der Waals surface area contributed by atoms with Crippen LogP contribution in [0.4, 0.5) is 14.4 Å². The topological polar surface area (TPSA) is 311 Å². The van der Waals surface area contributed by atoms with Crippen molar-refractivity contribution in [2.75, 3.05) is 58.9 Å². The van der Waals surface area contributed by atoms with Crippen molar-refractivity contribution in [3.05, 3.63) is 52.6 Å². The first-order valence-electron chi connectivity index (χ1n) is 31.5. The van der Waals surface area contributed by atoms with Gasteiger partial charge in [-0.15, -0.1) is 4.28 Å². The number of fused-ring (bicyclic) bond motifs is 6. The Bertz CT molecular complexity index is 2730. The Hall–Kier alpha value is -4.94. The Morgan fingerprint density at radius 2 is 0.918 bits per heavy atom. The van der Waals surface area contributed by atoms with Crippen LogP contribution < -0.4 is 5.32 Å². The summed E-state index contributed by atoms with van der Waals surface area (Å²) < 4.78 is 89.3. The first-order chi connectivity index (χ1) is 40.8. The average Bonchev–Trinajstić information content (AvgIpc) is 2.77. The molecule has 10 heterocycles. The molecule has 0 spiro atoms. The van der Waals surface area contributed by atoms with E-state index in [0.717, 1.165) is 84.2 Å². The van der Waals surface area contributed by atoms with E-state index < -0.39 is 44.9 Å². The maximum absolute atomic E-state index is 12.4. The number of rotatable bonds is 25. The Balaban J connectivity index is 0.000000137. The van der Waals surface area contributed by atoms with Gasteiger partial charge in [-0.3, -0.25) is 9.76 Å². The van der Waals surface area contributed by atoms with Crippen LogP contribution in [0.2, 0.25) is 0 Å². The van der Waals surface area contributed by atoms with Gasteiger partial charge >= 0.3 is 28.5 Å². The zero-order valence-electron chi connectivity index (χ0n) is 50.0. The van der Waals surface area contributed by atoms with Crippen molar-refractivity contribution in [1.82, 2.24) is 50.7 Å². The third-order valence-electron chi connectivity index (χ3n) is 18.8. The Labute approximate surface area is 500 Å². The fourth-order valence-corrected chi connectivity index (χ4v) is 14.1. The number of carbonyl (C=O) groups is 3. The highest BCUT2D eigenvalue weighted by atomic mass is 32.3. The number of nitrogens with one attached hydrogen (secondary N) is 1. The molecule has 3 aromatic rings. The van der Waals surface area contributed by atoms with Crippen molar-refractivity contribution in [2.24, 2.45) is 17.8 Å². The van der Waals surface area contributed by atoms with Gasteiger partial charge in [0.25, 0.3) is 0 Å². The molecule has 6 amide bonds. The Kier molecular flexibility index (Phi) is 22.0. The highest BCUT2D eigenvalue weighted by molar-refractivity contribution is 7.81. The highest BCUT2D eigenvalue weighted by Gasteiger charge is 2.50. The van der Waals surface area contributed by atoms with Crippen molar-refractivity contribution >= 4 is 38.9 Å². The van der Waals surface area contributed by atoms with Crippen LogP contribution in [0.15, 0.2) is 31.8 Å². The van der Waals surface area contributed by atoms with Gasteiger partial charge in [0, 0.05) is 57.1 Å². The zero-order chi connectivity index (χ0) is 60.5. The molecule has 0 unspecified atom stereocenters. The predicted molar refractivity (Wildman–Crippen MR) is 305 cm³/mol. The molecule has 476 valence electrons. The van der Waals surface area contributed by atoms with Gasteiger partial charge in [0.2, 0.25) is 10.4 Å². The van der Waals surface area contributed by atoms with Gasteiger partial charge in [-0.05, 0) is 95.1 Å². The molecule has 3 aromatic heterocycles. The first kappa shape index (κ1) is 64.5. The van der Waals surface area contributed by atoms with Crippen molar-refractivity contribution < 1.29 is 72.2 Å². The predicted octanol–water partition coefficient (Wildman–Crippen LogP) is 8.81. The Morgan fingerprint density at radius 1 is 0.553 bits per heavy atom. The summed E-state index contributed by atoms with van der Waals surface area (Å²) in [4.78, 5) is 41.4. The molecule has 2 aliphatic carbocycles. The summed E-state index contributed by atoms with van der Waals surface area (Å²) in [7, 11) is -9.70. The van der Waals surface area contributed by atoms with E-state index in [2.05, 4.69) is 57.0 Å². The van der Waals surface area contributed by atoms with Crippen molar-refractivity contribution in [3.8, 4) is 0 Å². The number of carbonyl (C=O) groups excluding carboxylic acids is 3. The van der Waals surface area contributed by atoms with Crippen LogP contribution >= 0.6 is 0 Å². The number of nitrogens with zero attached hydrogens (tertiary/aromatic N) is 10. The molecular weight excluding hydrogens is 1140 g/mol. The van der Waals surface area contributed by atoms with E-state index in [9.17, 15) is 41.0 Å². The minimum atomic E-state index is -4.97. The second-order valence-corrected chi connectivity index (χ2v) is 27.0. The second kappa shape index (κ2) is 28.9. The number of amides is 6. The van der Waals surface area contributed by atoms with E-state index in [0.29, 0.717) is 73.6 Å². The normalized spacial score (nSPS) is 25.0. The van der Waals surface area contributed by atoms with Gasteiger partial charge in [-0.2, -0.15) is 22.8 Å². The van der Waals surface area contributed by atoms with E-state index in [-0.39, 0.29) is 30.2 Å². The molecule has 26 nitrogen and oxygen atoms in total. The minimum absolute atomic E-state index is 0.0465. The van der Waals surface area contributed by atoms with Crippen molar-refractivity contribution in [2.45, 2.75) is 212 Å². The van der Waals surface area contributed by atoms with Gasteiger partial charge in [0.1, 0.15) is 34.4 Å². The molecule has 9 fully saturated rings. The molecule has 3 N–H and O–H groups in total. The van der Waals surface area contributed by atoms with Gasteiger partial charge in [-0.1, -0.05) is 107 Å². The van der Waals surface area contributed by atoms with Crippen molar-refractivity contribution in [3.63, 3.8) is 0 Å². The van der Waals surface area contributed by atoms with E-state index in [1.807, 2.05) is 18.2 Å². The smallest absolute Gasteiger partial charge is 0.418 e. The fourth-order valence-electron chi connectivity index (χ4n) is 13.4. The molecule has 0 radical (unpaired) electrons. The van der Waals surface area contributed by atoms with Crippen LogP contribution in [-0.4, -0.2) is 176 Å². The summed E-state index contributed by atoms with van der Waals surface area (Å²) in [6, 6.07) is 2.73. The SMILES string of the molecule is CCCC[N+](CCCC)(CCCC)CCCC.O=C1N(O)[C@@H]2CC[C@@H](c3cc(CC4CCC4)on3)N1C2.O=C1N2C[C@@H](CC[C@H]2c2cc(CC3CCC3)on2)N1OS(=O)(=O)[O-].O=C1N2C[C@@H](CC[C@H]2c2cc(CC3CNC3)on2)N1OS(=O)(=O)O. The third kappa shape index (κ3) is 16.4. The van der Waals surface area contributed by atoms with Crippen molar-refractivity contribution in [1.29, 1.82) is 0 Å². The zero-order valence-corrected chi connectivity index (χ0v) is 51.7. The first-order valence-corrected chi connectivity index (χ1v) is 34.2. The molecule has 7 saturated heterocycles. The summed E-state index contributed by atoms with van der Waals surface area (Å²) in [5.74, 6) is 4.48. The largest absolute Gasteiger partial charge is 0.724 e. The number of quaternary nitrogens is 1. The van der Waals surface area contributed by atoms with Gasteiger partial charge in [0.05, 0.1) is 62.4 Å². The summed E-state index contributed by atoms with van der Waals surface area (Å²) >= 11 is 0. The molecule has 0 aromatic carbocycles. The molecule has 28 heteroatoms. The fraction of sp³-hybridized carbons (Fsp3) is 0.789. The lowest BCUT2D eigenvalue weighted by molar-refractivity contribution is -0.929. The monoisotopic (exact) mass is 1230 g/mol. The van der Waals surface area contributed by atoms with Crippen LogP contribution in [0.5, 0.6) is 0 Å². The highest BCUT2D eigenvalue weighted by Crippen LogP contribution is 2.42. The summed E-state index contributed by atoms with van der Waals surface area (Å²) in [5, 5.41) is 27.5. The van der Waals surface area contributed by atoms with Crippen LogP contribution in [0, 0.1) is 17.8 Å². The quantitative estimate of drug-likeness (QED) is 0.0309. The van der Waals surface area contributed by atoms with Crippen LogP contribution in [0.3, 0.4) is 0 Å². The van der Waals surface area contributed by atoms with Gasteiger partial charge in [-0.25, -0.2) is 27.9 Å². The summed E-state index contributed by atoms with van der Waals surface area (Å²) in [5.41, 5.74) is 2.17. The molecule has 85 heavy (non-hydrogen) atoms. The average molecular weight is 1230 g/mol.